The van der Waals surface area contributed by atoms with Crippen molar-refractivity contribution in [3.63, 3.8) is 0 Å². The van der Waals surface area contributed by atoms with Gasteiger partial charge in [0, 0.05) is 49.6 Å². The zero-order valence-electron chi connectivity index (χ0n) is 35.6. The maximum atomic E-state index is 5.03. The van der Waals surface area contributed by atoms with Crippen LogP contribution in [0.2, 0.25) is 0 Å². The summed E-state index contributed by atoms with van der Waals surface area (Å²) < 4.78 is 4.86. The average Bonchev–Trinajstić information content (AvgIpc) is 3.87. The summed E-state index contributed by atoms with van der Waals surface area (Å²) in [6.45, 7) is 4.48. The van der Waals surface area contributed by atoms with Crippen LogP contribution in [0.3, 0.4) is 0 Å². The largest absolute Gasteiger partial charge is 0.309 e. The van der Waals surface area contributed by atoms with E-state index in [2.05, 4.69) is 205 Å². The van der Waals surface area contributed by atoms with Crippen LogP contribution in [0.5, 0.6) is 0 Å². The Morgan fingerprint density at radius 2 is 0.766 bits per heavy atom. The molecule has 64 heavy (non-hydrogen) atoms. The predicted molar refractivity (Wildman–Crippen MR) is 267 cm³/mol. The zero-order valence-corrected chi connectivity index (χ0v) is 35.6. The third kappa shape index (κ3) is 6.30. The number of nitrogens with zero attached hydrogens (tertiary/aromatic N) is 4. The summed E-state index contributed by atoms with van der Waals surface area (Å²) in [4.78, 5) is 10.00. The number of rotatable bonds is 7. The van der Waals surface area contributed by atoms with E-state index in [1.165, 1.54) is 77.1 Å². The van der Waals surface area contributed by atoms with Crippen molar-refractivity contribution in [2.24, 2.45) is 0 Å². The first kappa shape index (κ1) is 37.4. The Balaban J connectivity index is 0.866. The van der Waals surface area contributed by atoms with Gasteiger partial charge in [-0.25, -0.2) is 9.97 Å². The van der Waals surface area contributed by atoms with Gasteiger partial charge in [-0.1, -0.05) is 164 Å². The summed E-state index contributed by atoms with van der Waals surface area (Å²) in [5.41, 5.74) is 19.3. The molecule has 0 amide bonds. The number of aromatic nitrogens is 4. The van der Waals surface area contributed by atoms with Gasteiger partial charge in [0.05, 0.1) is 33.5 Å². The second kappa shape index (κ2) is 15.2. The van der Waals surface area contributed by atoms with Crippen LogP contribution >= 0.6 is 0 Å². The molecule has 0 unspecified atom stereocenters. The topological polar surface area (TPSA) is 35.6 Å². The molecule has 0 bridgehead atoms. The standard InChI is InChI=1S/C60H42N4/c1-39-36-59(64-57-24-14-11-21-50(57)52-37-47(33-34-58(52)64)63-55-22-12-9-19-48(55)49-20-10-13-23-56(49)63)40(2)35-51(39)43-29-25-41(26-30-43)42-27-31-45(32-28-42)54-38-53(44-15-5-3-6-16-44)61-60(62-54)46-17-7-4-8-18-46/h3-38H,1-2H3. The Bertz CT molecular complexity index is 3600. The Kier molecular flexibility index (Phi) is 8.91. The second-order valence-electron chi connectivity index (χ2n) is 16.7. The van der Waals surface area contributed by atoms with Crippen LogP contribution < -0.4 is 0 Å². The van der Waals surface area contributed by atoms with E-state index in [-0.39, 0.29) is 0 Å². The summed E-state index contributed by atoms with van der Waals surface area (Å²) in [5, 5.41) is 5.03. The number of aryl methyl sites for hydroxylation is 2. The molecule has 0 radical (unpaired) electrons. The average molecular weight is 819 g/mol. The molecular formula is C60H42N4. The van der Waals surface area contributed by atoms with Crippen molar-refractivity contribution >= 4 is 43.6 Å². The molecule has 0 spiro atoms. The third-order valence-corrected chi connectivity index (χ3v) is 12.8. The lowest BCUT2D eigenvalue weighted by molar-refractivity contribution is 1.14. The van der Waals surface area contributed by atoms with E-state index in [0.29, 0.717) is 0 Å². The highest BCUT2D eigenvalue weighted by Crippen LogP contribution is 2.39. The Hall–Kier alpha value is -8.34. The number of hydrogen-bond acceptors (Lipinski definition) is 2. The quantitative estimate of drug-likeness (QED) is 0.161. The van der Waals surface area contributed by atoms with Gasteiger partial charge in [0.2, 0.25) is 0 Å². The lowest BCUT2D eigenvalue weighted by Crippen LogP contribution is -1.99. The van der Waals surface area contributed by atoms with Gasteiger partial charge >= 0.3 is 0 Å². The predicted octanol–water partition coefficient (Wildman–Crippen LogP) is 15.6. The monoisotopic (exact) mass is 818 g/mol. The summed E-state index contributed by atoms with van der Waals surface area (Å²) >= 11 is 0. The van der Waals surface area contributed by atoms with Crippen molar-refractivity contribution in [3.05, 3.63) is 230 Å². The van der Waals surface area contributed by atoms with E-state index < -0.39 is 0 Å². The first-order valence-corrected chi connectivity index (χ1v) is 21.9. The van der Waals surface area contributed by atoms with Crippen LogP contribution in [0.25, 0.3) is 111 Å². The smallest absolute Gasteiger partial charge is 0.160 e. The molecule has 0 aliphatic heterocycles. The van der Waals surface area contributed by atoms with E-state index in [0.717, 1.165) is 45.2 Å². The molecule has 3 heterocycles. The van der Waals surface area contributed by atoms with Gasteiger partial charge < -0.3 is 9.13 Å². The summed E-state index contributed by atoms with van der Waals surface area (Å²) in [5.74, 6) is 0.718. The molecule has 302 valence electrons. The number of benzene rings is 9. The van der Waals surface area contributed by atoms with Crippen molar-refractivity contribution in [3.8, 4) is 67.5 Å². The molecule has 9 aromatic carbocycles. The number of hydrogen-bond donors (Lipinski definition) is 0. The fourth-order valence-corrected chi connectivity index (χ4v) is 9.66. The van der Waals surface area contributed by atoms with Gasteiger partial charge in [-0.15, -0.1) is 0 Å². The lowest BCUT2D eigenvalue weighted by atomic mass is 9.95. The van der Waals surface area contributed by atoms with Gasteiger partial charge in [0.25, 0.3) is 0 Å². The summed E-state index contributed by atoms with van der Waals surface area (Å²) in [6.07, 6.45) is 0. The van der Waals surface area contributed by atoms with E-state index in [9.17, 15) is 0 Å². The highest BCUT2D eigenvalue weighted by molar-refractivity contribution is 6.12. The van der Waals surface area contributed by atoms with Crippen LogP contribution in [0.4, 0.5) is 0 Å². The van der Waals surface area contributed by atoms with E-state index in [4.69, 9.17) is 9.97 Å². The summed E-state index contributed by atoms with van der Waals surface area (Å²) in [6, 6.07) is 78.2. The van der Waals surface area contributed by atoms with Gasteiger partial charge in [-0.3, -0.25) is 0 Å². The minimum atomic E-state index is 0.718. The first-order chi connectivity index (χ1) is 31.6. The maximum absolute atomic E-state index is 5.03. The van der Waals surface area contributed by atoms with E-state index >= 15 is 0 Å². The molecule has 0 atom stereocenters. The van der Waals surface area contributed by atoms with Crippen LogP contribution in [0, 0.1) is 13.8 Å². The molecule has 0 saturated heterocycles. The maximum Gasteiger partial charge on any atom is 0.160 e. The normalized spacial score (nSPS) is 11.6. The highest BCUT2D eigenvalue weighted by Gasteiger charge is 2.19. The highest BCUT2D eigenvalue weighted by atomic mass is 15.0. The molecule has 0 aliphatic carbocycles. The van der Waals surface area contributed by atoms with Crippen molar-refractivity contribution in [2.45, 2.75) is 13.8 Å². The molecule has 0 N–H and O–H groups in total. The van der Waals surface area contributed by atoms with E-state index in [1.54, 1.807) is 0 Å². The molecule has 12 rings (SSSR count). The Morgan fingerprint density at radius 1 is 0.312 bits per heavy atom. The minimum absolute atomic E-state index is 0.718. The summed E-state index contributed by atoms with van der Waals surface area (Å²) in [7, 11) is 0. The van der Waals surface area contributed by atoms with Crippen LogP contribution in [0.15, 0.2) is 218 Å². The van der Waals surface area contributed by atoms with Crippen molar-refractivity contribution < 1.29 is 0 Å². The first-order valence-electron chi connectivity index (χ1n) is 21.9. The van der Waals surface area contributed by atoms with Crippen molar-refractivity contribution in [1.29, 1.82) is 0 Å². The van der Waals surface area contributed by atoms with Crippen molar-refractivity contribution in [2.75, 3.05) is 0 Å². The minimum Gasteiger partial charge on any atom is -0.309 e. The molecule has 4 heteroatoms. The van der Waals surface area contributed by atoms with Gasteiger partial charge in [0.15, 0.2) is 5.82 Å². The fraction of sp³-hybridized carbons (Fsp3) is 0.0333. The molecule has 0 saturated carbocycles. The van der Waals surface area contributed by atoms with Gasteiger partial charge in [0.1, 0.15) is 0 Å². The molecule has 0 fully saturated rings. The van der Waals surface area contributed by atoms with Gasteiger partial charge in [-0.05, 0) is 102 Å². The lowest BCUT2D eigenvalue weighted by Gasteiger charge is -2.16. The Morgan fingerprint density at radius 3 is 1.36 bits per heavy atom. The third-order valence-electron chi connectivity index (χ3n) is 12.8. The SMILES string of the molecule is Cc1cc(-n2c3ccccc3c3cc(-n4c5ccccc5c5ccccc54)ccc32)c(C)cc1-c1ccc(-c2ccc(-c3cc(-c4ccccc4)nc(-c4ccccc4)n3)cc2)cc1. The Labute approximate surface area is 372 Å². The van der Waals surface area contributed by atoms with E-state index in [1.807, 2.05) is 36.4 Å². The van der Waals surface area contributed by atoms with Crippen LogP contribution in [0.1, 0.15) is 11.1 Å². The molecule has 12 aromatic rings. The zero-order chi connectivity index (χ0) is 42.7. The number of para-hydroxylation sites is 3. The molecular weight excluding hydrogens is 777 g/mol. The van der Waals surface area contributed by atoms with Gasteiger partial charge in [-0.2, -0.15) is 0 Å². The second-order valence-corrected chi connectivity index (χ2v) is 16.7. The molecule has 3 aromatic heterocycles. The van der Waals surface area contributed by atoms with Crippen molar-refractivity contribution in [1.82, 2.24) is 19.1 Å². The fourth-order valence-electron chi connectivity index (χ4n) is 9.66. The molecule has 0 aliphatic rings. The van der Waals surface area contributed by atoms with Crippen LogP contribution in [-0.2, 0) is 0 Å². The molecule has 4 nitrogen and oxygen atoms in total. The number of fused-ring (bicyclic) bond motifs is 6. The van der Waals surface area contributed by atoms with Crippen LogP contribution in [-0.4, -0.2) is 19.1 Å².